The van der Waals surface area contributed by atoms with Crippen molar-refractivity contribution < 1.29 is 4.48 Å². The van der Waals surface area contributed by atoms with Crippen molar-refractivity contribution in [3.8, 4) is 0 Å². The summed E-state index contributed by atoms with van der Waals surface area (Å²) in [4.78, 5) is 0. The van der Waals surface area contributed by atoms with Crippen molar-refractivity contribution in [2.45, 2.75) is 50.7 Å². The average molecular weight is 266 g/mol. The number of quaternary nitrogens is 1. The molecule has 2 atom stereocenters. The van der Waals surface area contributed by atoms with Gasteiger partial charge < -0.3 is 10.2 Å². The minimum Gasteiger partial charge on any atom is -0.398 e. The van der Waals surface area contributed by atoms with E-state index < -0.39 is 0 Å². The van der Waals surface area contributed by atoms with Gasteiger partial charge in [-0.05, 0) is 31.4 Å². The molecule has 18 heavy (non-hydrogen) atoms. The molecular weight excluding hydrogens is 244 g/mol. The SMILES string of the molecule is C[N+]1(Cc2c(N)cccc2Cl)C2CCCC1CC2. The highest BCUT2D eigenvalue weighted by Crippen LogP contribution is 2.43. The average Bonchev–Trinajstić information content (AvgIpc) is 2.56. The van der Waals surface area contributed by atoms with Gasteiger partial charge in [-0.1, -0.05) is 17.7 Å². The number of hydrogen-bond acceptors (Lipinski definition) is 1. The number of nitrogen functional groups attached to an aromatic ring is 1. The Morgan fingerprint density at radius 2 is 1.89 bits per heavy atom. The molecule has 1 aromatic rings. The maximum Gasteiger partial charge on any atom is 0.108 e. The van der Waals surface area contributed by atoms with Crippen LogP contribution >= 0.6 is 11.6 Å². The minimum absolute atomic E-state index is 0.819. The van der Waals surface area contributed by atoms with Crippen LogP contribution in [0, 0.1) is 0 Å². The second kappa shape index (κ2) is 4.43. The van der Waals surface area contributed by atoms with Gasteiger partial charge in [-0.2, -0.15) is 0 Å². The zero-order valence-corrected chi connectivity index (χ0v) is 11.8. The van der Waals surface area contributed by atoms with Gasteiger partial charge in [0.05, 0.1) is 24.2 Å². The molecule has 0 aromatic heterocycles. The van der Waals surface area contributed by atoms with Crippen LogP contribution in [0.15, 0.2) is 18.2 Å². The highest BCUT2D eigenvalue weighted by Gasteiger charge is 2.48. The van der Waals surface area contributed by atoms with Crippen molar-refractivity contribution in [3.63, 3.8) is 0 Å². The van der Waals surface area contributed by atoms with Gasteiger partial charge in [-0.15, -0.1) is 0 Å². The predicted octanol–water partition coefficient (Wildman–Crippen LogP) is 3.58. The summed E-state index contributed by atoms with van der Waals surface area (Å²) in [6.45, 7) is 1.00. The Kier molecular flexibility index (Phi) is 3.03. The van der Waals surface area contributed by atoms with E-state index in [4.69, 9.17) is 17.3 Å². The molecule has 2 saturated heterocycles. The first-order chi connectivity index (χ1) is 8.61. The predicted molar refractivity (Wildman–Crippen MR) is 76.4 cm³/mol. The van der Waals surface area contributed by atoms with E-state index in [1.807, 2.05) is 18.2 Å². The van der Waals surface area contributed by atoms with Gasteiger partial charge in [0.2, 0.25) is 0 Å². The standard InChI is InChI=1S/C15H22ClN2/c1-18(11-4-2-5-12(18)9-8-11)10-13-14(16)6-3-7-15(13)17/h3,6-7,11-12H,2,4-5,8-10,17H2,1H3/q+1. The van der Waals surface area contributed by atoms with E-state index >= 15 is 0 Å². The Morgan fingerprint density at radius 1 is 1.22 bits per heavy atom. The number of hydrogen-bond donors (Lipinski definition) is 1. The summed E-state index contributed by atoms with van der Waals surface area (Å²) in [6.07, 6.45) is 6.91. The first kappa shape index (κ1) is 12.3. The summed E-state index contributed by atoms with van der Waals surface area (Å²) in [5.74, 6) is 0. The van der Waals surface area contributed by atoms with Crippen molar-refractivity contribution in [1.82, 2.24) is 0 Å². The molecule has 98 valence electrons. The Labute approximate surface area is 114 Å². The molecule has 0 aliphatic carbocycles. The van der Waals surface area contributed by atoms with Crippen molar-refractivity contribution >= 4 is 17.3 Å². The number of anilines is 1. The van der Waals surface area contributed by atoms with E-state index in [1.54, 1.807) is 0 Å². The summed E-state index contributed by atoms with van der Waals surface area (Å²) in [5.41, 5.74) is 8.12. The number of benzene rings is 1. The number of halogens is 1. The Bertz CT molecular complexity index is 422. The molecule has 0 amide bonds. The molecule has 0 spiro atoms. The van der Waals surface area contributed by atoms with Gasteiger partial charge in [0.25, 0.3) is 0 Å². The highest BCUT2D eigenvalue weighted by atomic mass is 35.5. The van der Waals surface area contributed by atoms with Gasteiger partial charge in [-0.3, -0.25) is 0 Å². The van der Waals surface area contributed by atoms with Crippen LogP contribution in [0.25, 0.3) is 0 Å². The molecule has 2 N–H and O–H groups in total. The molecule has 2 bridgehead atoms. The number of piperidine rings is 1. The summed E-state index contributed by atoms with van der Waals surface area (Å²) < 4.78 is 1.16. The lowest BCUT2D eigenvalue weighted by atomic mass is 9.98. The van der Waals surface area contributed by atoms with Gasteiger partial charge in [0.15, 0.2) is 0 Å². The molecule has 1 aromatic carbocycles. The van der Waals surface area contributed by atoms with E-state index in [0.717, 1.165) is 39.4 Å². The van der Waals surface area contributed by atoms with Crippen LogP contribution in [-0.4, -0.2) is 23.6 Å². The molecule has 3 heteroatoms. The summed E-state index contributed by atoms with van der Waals surface area (Å²) >= 11 is 6.34. The van der Waals surface area contributed by atoms with E-state index in [1.165, 1.54) is 32.1 Å². The van der Waals surface area contributed by atoms with Gasteiger partial charge in [-0.25, -0.2) is 0 Å². The maximum absolute atomic E-state index is 6.34. The monoisotopic (exact) mass is 265 g/mol. The van der Waals surface area contributed by atoms with Crippen LogP contribution in [0.2, 0.25) is 5.02 Å². The fraction of sp³-hybridized carbons (Fsp3) is 0.600. The van der Waals surface area contributed by atoms with Crippen LogP contribution < -0.4 is 5.73 Å². The number of nitrogens with two attached hydrogens (primary N) is 1. The third-order valence-corrected chi connectivity index (χ3v) is 5.58. The van der Waals surface area contributed by atoms with Gasteiger partial charge >= 0.3 is 0 Å². The van der Waals surface area contributed by atoms with Crippen LogP contribution in [0.1, 0.15) is 37.7 Å². The maximum atomic E-state index is 6.34. The Hall–Kier alpha value is -0.730. The van der Waals surface area contributed by atoms with Crippen molar-refractivity contribution in [1.29, 1.82) is 0 Å². The normalized spacial score (nSPS) is 34.8. The first-order valence-corrected chi connectivity index (χ1v) is 7.37. The van der Waals surface area contributed by atoms with Gasteiger partial charge in [0, 0.05) is 24.1 Å². The summed E-state index contributed by atoms with van der Waals surface area (Å²) in [5, 5.41) is 0.833. The van der Waals surface area contributed by atoms with Crippen LogP contribution in [-0.2, 0) is 6.54 Å². The van der Waals surface area contributed by atoms with Crippen LogP contribution in [0.5, 0.6) is 0 Å². The molecule has 2 unspecified atom stereocenters. The molecule has 2 nitrogen and oxygen atoms in total. The van der Waals surface area contributed by atoms with Crippen LogP contribution in [0.4, 0.5) is 5.69 Å². The number of fused-ring (bicyclic) bond motifs is 2. The molecule has 0 saturated carbocycles. The summed E-state index contributed by atoms with van der Waals surface area (Å²) in [7, 11) is 2.41. The van der Waals surface area contributed by atoms with Crippen molar-refractivity contribution in [2.75, 3.05) is 12.8 Å². The third kappa shape index (κ3) is 1.83. The molecule has 2 fully saturated rings. The van der Waals surface area contributed by atoms with Gasteiger partial charge in [0.1, 0.15) is 6.54 Å². The second-order valence-electron chi connectivity index (χ2n) is 6.13. The second-order valence-corrected chi connectivity index (χ2v) is 6.54. The zero-order chi connectivity index (χ0) is 12.8. The van der Waals surface area contributed by atoms with Crippen molar-refractivity contribution in [2.24, 2.45) is 0 Å². The molecule has 3 rings (SSSR count). The highest BCUT2D eigenvalue weighted by molar-refractivity contribution is 6.31. The van der Waals surface area contributed by atoms with E-state index in [9.17, 15) is 0 Å². The first-order valence-electron chi connectivity index (χ1n) is 6.99. The molecular formula is C15H22ClN2+. The lowest BCUT2D eigenvalue weighted by molar-refractivity contribution is -0.960. The van der Waals surface area contributed by atoms with Crippen molar-refractivity contribution in [3.05, 3.63) is 28.8 Å². The lowest BCUT2D eigenvalue weighted by Gasteiger charge is -2.45. The molecule has 0 radical (unpaired) electrons. The molecule has 2 aliphatic rings. The minimum atomic E-state index is 0.819. The largest absolute Gasteiger partial charge is 0.398 e. The Morgan fingerprint density at radius 3 is 2.50 bits per heavy atom. The third-order valence-electron chi connectivity index (χ3n) is 5.23. The lowest BCUT2D eigenvalue weighted by Crippen LogP contribution is -2.55. The fourth-order valence-electron chi connectivity index (χ4n) is 4.08. The smallest absolute Gasteiger partial charge is 0.108 e. The quantitative estimate of drug-likeness (QED) is 0.642. The zero-order valence-electron chi connectivity index (χ0n) is 11.0. The van der Waals surface area contributed by atoms with E-state index in [2.05, 4.69) is 7.05 Å². The molecule has 2 heterocycles. The number of nitrogens with zero attached hydrogens (tertiary/aromatic N) is 1. The van der Waals surface area contributed by atoms with E-state index in [0.29, 0.717) is 0 Å². The fourth-order valence-corrected chi connectivity index (χ4v) is 4.32. The topological polar surface area (TPSA) is 26.0 Å². The molecule has 2 aliphatic heterocycles. The summed E-state index contributed by atoms with van der Waals surface area (Å²) in [6, 6.07) is 7.51. The Balaban J connectivity index is 1.92. The van der Waals surface area contributed by atoms with E-state index in [-0.39, 0.29) is 0 Å². The number of rotatable bonds is 2. The van der Waals surface area contributed by atoms with Crippen LogP contribution in [0.3, 0.4) is 0 Å².